The minimum atomic E-state index is -0.677. The highest BCUT2D eigenvalue weighted by atomic mass is 16.6. The molecule has 1 aromatic carbocycles. The molecule has 0 aromatic heterocycles. The number of rotatable bonds is 4. The minimum absolute atomic E-state index is 0.131. The number of primary amides is 1. The number of hydrogen-bond acceptors (Lipinski definition) is 5. The molecule has 1 heterocycles. The van der Waals surface area contributed by atoms with Crippen LogP contribution in [-0.2, 0) is 0 Å². The van der Waals surface area contributed by atoms with Crippen LogP contribution in [-0.4, -0.2) is 29.5 Å². The van der Waals surface area contributed by atoms with Crippen LogP contribution >= 0.6 is 0 Å². The first-order valence-electron chi connectivity index (χ1n) is 5.98. The van der Waals surface area contributed by atoms with Gasteiger partial charge in [0.2, 0.25) is 5.91 Å². The van der Waals surface area contributed by atoms with E-state index in [1.807, 2.05) is 6.92 Å². The molecule has 0 aliphatic carbocycles. The number of carbonyl (C=O) groups excluding carboxylic acids is 1. The van der Waals surface area contributed by atoms with Crippen molar-refractivity contribution in [3.05, 3.63) is 33.9 Å². The minimum Gasteiger partial charge on any atom is -0.373 e. The Hall–Kier alpha value is -2.15. The smallest absolute Gasteiger partial charge is 0.293 e. The van der Waals surface area contributed by atoms with Crippen LogP contribution in [0.2, 0.25) is 0 Å². The summed E-state index contributed by atoms with van der Waals surface area (Å²) in [6, 6.07) is 4.22. The van der Waals surface area contributed by atoms with Gasteiger partial charge in [-0.1, -0.05) is 0 Å². The molecule has 7 heteroatoms. The summed E-state index contributed by atoms with van der Waals surface area (Å²) in [7, 11) is 0. The summed E-state index contributed by atoms with van der Waals surface area (Å²) in [5, 5.41) is 17.5. The molecule has 0 radical (unpaired) electrons. The monoisotopic (exact) mass is 264 g/mol. The Morgan fingerprint density at radius 3 is 2.84 bits per heavy atom. The summed E-state index contributed by atoms with van der Waals surface area (Å²) in [4.78, 5) is 21.6. The lowest BCUT2D eigenvalue weighted by Crippen LogP contribution is -2.37. The fourth-order valence-electron chi connectivity index (χ4n) is 2.19. The quantitative estimate of drug-likeness (QED) is 0.551. The van der Waals surface area contributed by atoms with E-state index in [1.54, 1.807) is 0 Å². The van der Waals surface area contributed by atoms with Crippen LogP contribution in [0.15, 0.2) is 18.2 Å². The van der Waals surface area contributed by atoms with Gasteiger partial charge < -0.3 is 16.4 Å². The molecule has 1 fully saturated rings. The van der Waals surface area contributed by atoms with Gasteiger partial charge in [0.1, 0.15) is 5.69 Å². The first-order valence-corrected chi connectivity index (χ1v) is 5.98. The van der Waals surface area contributed by atoms with Crippen molar-refractivity contribution in [1.82, 2.24) is 5.32 Å². The molecule has 102 valence electrons. The number of nitro benzene ring substituents is 1. The average Bonchev–Trinajstić information content (AvgIpc) is 2.75. The predicted molar refractivity (Wildman–Crippen MR) is 71.1 cm³/mol. The van der Waals surface area contributed by atoms with Gasteiger partial charge in [-0.15, -0.1) is 0 Å². The molecule has 1 amide bonds. The van der Waals surface area contributed by atoms with Crippen molar-refractivity contribution in [3.8, 4) is 0 Å². The molecule has 1 saturated heterocycles. The maximum Gasteiger partial charge on any atom is 0.293 e. The van der Waals surface area contributed by atoms with Gasteiger partial charge in [-0.3, -0.25) is 14.9 Å². The van der Waals surface area contributed by atoms with Gasteiger partial charge >= 0.3 is 0 Å². The second-order valence-electron chi connectivity index (χ2n) is 4.97. The maximum atomic E-state index is 11.1. The van der Waals surface area contributed by atoms with Crippen LogP contribution < -0.4 is 16.4 Å². The van der Waals surface area contributed by atoms with E-state index in [1.165, 1.54) is 18.2 Å². The van der Waals surface area contributed by atoms with Crippen LogP contribution in [0, 0.1) is 10.1 Å². The van der Waals surface area contributed by atoms with E-state index in [2.05, 4.69) is 10.6 Å². The number of nitrogens with zero attached hydrogens (tertiary/aromatic N) is 1. The Labute approximate surface area is 110 Å². The summed E-state index contributed by atoms with van der Waals surface area (Å²) in [6.45, 7) is 3.61. The second-order valence-corrected chi connectivity index (χ2v) is 4.97. The highest BCUT2D eigenvalue weighted by Gasteiger charge is 2.30. The summed E-state index contributed by atoms with van der Waals surface area (Å²) in [5.74, 6) is -0.677. The second kappa shape index (κ2) is 4.85. The Kier molecular flexibility index (Phi) is 3.39. The van der Waals surface area contributed by atoms with E-state index >= 15 is 0 Å². The molecule has 19 heavy (non-hydrogen) atoms. The number of nitrogens with two attached hydrogens (primary N) is 1. The summed E-state index contributed by atoms with van der Waals surface area (Å²) >= 11 is 0. The Morgan fingerprint density at radius 2 is 2.32 bits per heavy atom. The lowest BCUT2D eigenvalue weighted by atomic mass is 10.0. The van der Waals surface area contributed by atoms with E-state index in [0.29, 0.717) is 5.69 Å². The summed E-state index contributed by atoms with van der Waals surface area (Å²) in [6.07, 6.45) is 0.877. The third-order valence-corrected chi connectivity index (χ3v) is 3.28. The summed E-state index contributed by atoms with van der Waals surface area (Å²) in [5.41, 5.74) is 5.31. The van der Waals surface area contributed by atoms with E-state index < -0.39 is 10.8 Å². The first kappa shape index (κ1) is 13.3. The Balaban J connectivity index is 2.34. The van der Waals surface area contributed by atoms with Crippen molar-refractivity contribution in [3.63, 3.8) is 0 Å². The van der Waals surface area contributed by atoms with Crippen molar-refractivity contribution in [2.24, 2.45) is 5.73 Å². The molecule has 1 unspecified atom stereocenters. The van der Waals surface area contributed by atoms with Crippen LogP contribution in [0.5, 0.6) is 0 Å². The van der Waals surface area contributed by atoms with E-state index in [9.17, 15) is 14.9 Å². The maximum absolute atomic E-state index is 11.1. The van der Waals surface area contributed by atoms with Gasteiger partial charge in [-0.2, -0.15) is 0 Å². The molecule has 1 aliphatic rings. The van der Waals surface area contributed by atoms with Crippen LogP contribution in [0.4, 0.5) is 11.4 Å². The number of carbonyl (C=O) groups is 1. The zero-order valence-electron chi connectivity index (χ0n) is 10.6. The lowest BCUT2D eigenvalue weighted by molar-refractivity contribution is -0.384. The molecule has 2 rings (SSSR count). The standard InChI is InChI=1S/C12H16N4O3/c1-12(4-5-14-7-12)15-9-3-2-8(11(13)17)6-10(9)16(18)19/h2-3,6,14-15H,4-5,7H2,1H3,(H2,13,17). The molecule has 7 nitrogen and oxygen atoms in total. The first-order chi connectivity index (χ1) is 8.91. The summed E-state index contributed by atoms with van der Waals surface area (Å²) < 4.78 is 0. The number of anilines is 1. The predicted octanol–water partition coefficient (Wildman–Crippen LogP) is 0.858. The topological polar surface area (TPSA) is 110 Å². The number of nitro groups is 1. The van der Waals surface area contributed by atoms with Crippen molar-refractivity contribution < 1.29 is 9.72 Å². The van der Waals surface area contributed by atoms with Crippen LogP contribution in [0.25, 0.3) is 0 Å². The number of amides is 1. The van der Waals surface area contributed by atoms with Crippen LogP contribution in [0.1, 0.15) is 23.7 Å². The van der Waals surface area contributed by atoms with E-state index in [4.69, 9.17) is 5.73 Å². The number of benzene rings is 1. The molecular formula is C12H16N4O3. The molecule has 0 bridgehead atoms. The van der Waals surface area contributed by atoms with Crippen molar-refractivity contribution in [2.45, 2.75) is 18.9 Å². The fourth-order valence-corrected chi connectivity index (χ4v) is 2.19. The Morgan fingerprint density at radius 1 is 1.58 bits per heavy atom. The van der Waals surface area contributed by atoms with Crippen molar-refractivity contribution in [2.75, 3.05) is 18.4 Å². The van der Waals surface area contributed by atoms with Gasteiger partial charge in [-0.05, 0) is 32.0 Å². The molecule has 1 aromatic rings. The van der Waals surface area contributed by atoms with Gasteiger partial charge in [-0.25, -0.2) is 0 Å². The third kappa shape index (κ3) is 2.82. The molecule has 0 spiro atoms. The van der Waals surface area contributed by atoms with Gasteiger partial charge in [0, 0.05) is 23.7 Å². The SMILES string of the molecule is CC1(Nc2ccc(C(N)=O)cc2[N+](=O)[O-])CCNC1. The number of nitrogens with one attached hydrogen (secondary N) is 2. The van der Waals surface area contributed by atoms with Crippen molar-refractivity contribution in [1.29, 1.82) is 0 Å². The molecular weight excluding hydrogens is 248 g/mol. The largest absolute Gasteiger partial charge is 0.373 e. The molecule has 1 atom stereocenters. The average molecular weight is 264 g/mol. The van der Waals surface area contributed by atoms with Crippen molar-refractivity contribution >= 4 is 17.3 Å². The normalized spacial score (nSPS) is 22.2. The van der Waals surface area contributed by atoms with Crippen LogP contribution in [0.3, 0.4) is 0 Å². The molecule has 0 saturated carbocycles. The van der Waals surface area contributed by atoms with Gasteiger partial charge in [0.25, 0.3) is 5.69 Å². The molecule has 1 aliphatic heterocycles. The van der Waals surface area contributed by atoms with Gasteiger partial charge in [0.15, 0.2) is 0 Å². The highest BCUT2D eigenvalue weighted by molar-refractivity contribution is 5.94. The number of hydrogen-bond donors (Lipinski definition) is 3. The third-order valence-electron chi connectivity index (χ3n) is 3.28. The fraction of sp³-hybridized carbons (Fsp3) is 0.417. The zero-order chi connectivity index (χ0) is 14.0. The van der Waals surface area contributed by atoms with E-state index in [-0.39, 0.29) is 16.8 Å². The highest BCUT2D eigenvalue weighted by Crippen LogP contribution is 2.30. The van der Waals surface area contributed by atoms with E-state index in [0.717, 1.165) is 19.5 Å². The van der Waals surface area contributed by atoms with Gasteiger partial charge in [0.05, 0.1) is 4.92 Å². The lowest BCUT2D eigenvalue weighted by Gasteiger charge is -2.25. The Bertz CT molecular complexity index is 524. The molecule has 4 N–H and O–H groups in total. The zero-order valence-corrected chi connectivity index (χ0v) is 10.6.